The average Bonchev–Trinajstić information content (AvgIpc) is 2.41. The highest BCUT2D eigenvalue weighted by atomic mass is 35.5. The lowest BCUT2D eigenvalue weighted by molar-refractivity contribution is 0.304. The molecule has 0 amide bonds. The van der Waals surface area contributed by atoms with Gasteiger partial charge in [0.25, 0.3) is 0 Å². The van der Waals surface area contributed by atoms with Crippen LogP contribution < -0.4 is 10.5 Å². The Labute approximate surface area is 125 Å². The Hall–Kier alpha value is -1.72. The third-order valence-corrected chi connectivity index (χ3v) is 3.15. The van der Waals surface area contributed by atoms with Crippen molar-refractivity contribution in [3.63, 3.8) is 0 Å². The Morgan fingerprint density at radius 2 is 1.95 bits per heavy atom. The van der Waals surface area contributed by atoms with Crippen LogP contribution in [0.1, 0.15) is 11.1 Å². The van der Waals surface area contributed by atoms with Crippen molar-refractivity contribution in [3.8, 4) is 5.75 Å². The van der Waals surface area contributed by atoms with Gasteiger partial charge in [-0.2, -0.15) is 0 Å². The molecule has 0 aliphatic carbocycles. The summed E-state index contributed by atoms with van der Waals surface area (Å²) in [4.78, 5) is 0.0744. The summed E-state index contributed by atoms with van der Waals surface area (Å²) < 4.78 is 31.8. The van der Waals surface area contributed by atoms with E-state index in [0.717, 1.165) is 0 Å². The van der Waals surface area contributed by atoms with Crippen molar-refractivity contribution in [1.82, 2.24) is 0 Å². The van der Waals surface area contributed by atoms with Crippen LogP contribution >= 0.6 is 23.8 Å². The van der Waals surface area contributed by atoms with Crippen LogP contribution in [0.4, 0.5) is 8.78 Å². The van der Waals surface area contributed by atoms with Gasteiger partial charge in [-0.3, -0.25) is 0 Å². The summed E-state index contributed by atoms with van der Waals surface area (Å²) in [7, 11) is 0. The van der Waals surface area contributed by atoms with Gasteiger partial charge in [-0.05, 0) is 29.8 Å². The van der Waals surface area contributed by atoms with Crippen LogP contribution in [0.5, 0.6) is 5.75 Å². The molecule has 0 aromatic heterocycles. The molecule has 0 saturated carbocycles. The Morgan fingerprint density at radius 3 is 2.60 bits per heavy atom. The summed E-state index contributed by atoms with van der Waals surface area (Å²) in [5.74, 6) is -0.697. The van der Waals surface area contributed by atoms with Crippen LogP contribution in [-0.4, -0.2) is 4.99 Å². The van der Waals surface area contributed by atoms with Gasteiger partial charge in [0, 0.05) is 11.6 Å². The van der Waals surface area contributed by atoms with Gasteiger partial charge < -0.3 is 10.5 Å². The van der Waals surface area contributed by atoms with Crippen molar-refractivity contribution >= 4 is 28.8 Å². The molecule has 0 saturated heterocycles. The van der Waals surface area contributed by atoms with Gasteiger partial charge in [0.15, 0.2) is 0 Å². The second-order valence-corrected chi connectivity index (χ2v) is 4.88. The molecule has 2 aromatic rings. The van der Waals surface area contributed by atoms with Crippen molar-refractivity contribution in [2.24, 2.45) is 5.73 Å². The maximum absolute atomic E-state index is 13.3. The second kappa shape index (κ2) is 6.15. The lowest BCUT2D eigenvalue weighted by Gasteiger charge is -2.10. The highest BCUT2D eigenvalue weighted by Gasteiger charge is 2.08. The molecule has 2 nitrogen and oxygen atoms in total. The van der Waals surface area contributed by atoms with E-state index in [0.29, 0.717) is 16.9 Å². The fourth-order valence-electron chi connectivity index (χ4n) is 1.63. The van der Waals surface area contributed by atoms with Gasteiger partial charge >= 0.3 is 0 Å². The fraction of sp³-hybridized carbons (Fsp3) is 0.0714. The first-order valence-corrected chi connectivity index (χ1v) is 6.42. The molecule has 6 heteroatoms. The molecule has 20 heavy (non-hydrogen) atoms. The molecule has 0 fully saturated rings. The Balaban J connectivity index is 2.18. The highest BCUT2D eigenvalue weighted by Crippen LogP contribution is 2.22. The number of ether oxygens (including phenoxy) is 1. The fourth-order valence-corrected chi connectivity index (χ4v) is 1.94. The van der Waals surface area contributed by atoms with Gasteiger partial charge in [0.05, 0.1) is 5.02 Å². The minimum atomic E-state index is -0.571. The number of benzene rings is 2. The molecule has 2 aromatic carbocycles. The third kappa shape index (κ3) is 3.43. The summed E-state index contributed by atoms with van der Waals surface area (Å²) in [5.41, 5.74) is 6.55. The smallest absolute Gasteiger partial charge is 0.145 e. The van der Waals surface area contributed by atoms with Crippen LogP contribution in [-0.2, 0) is 6.61 Å². The zero-order valence-electron chi connectivity index (χ0n) is 10.2. The van der Waals surface area contributed by atoms with E-state index in [1.54, 1.807) is 0 Å². The predicted octanol–water partition coefficient (Wildman–Crippen LogP) is 3.83. The van der Waals surface area contributed by atoms with Crippen molar-refractivity contribution in [3.05, 3.63) is 64.2 Å². The van der Waals surface area contributed by atoms with Crippen LogP contribution in [0, 0.1) is 11.6 Å². The van der Waals surface area contributed by atoms with Crippen molar-refractivity contribution < 1.29 is 13.5 Å². The van der Waals surface area contributed by atoms with E-state index in [1.165, 1.54) is 36.4 Å². The van der Waals surface area contributed by atoms with Crippen LogP contribution in [0.3, 0.4) is 0 Å². The van der Waals surface area contributed by atoms with E-state index in [2.05, 4.69) is 0 Å². The number of thiocarbonyl (C=S) groups is 1. The topological polar surface area (TPSA) is 35.2 Å². The number of nitrogens with two attached hydrogens (primary N) is 1. The number of halogens is 3. The van der Waals surface area contributed by atoms with Crippen LogP contribution in [0.2, 0.25) is 5.02 Å². The SMILES string of the molecule is NC(=S)c1cc(F)ccc1COc1ccc(Cl)c(F)c1. The summed E-state index contributed by atoms with van der Waals surface area (Å²) in [5, 5.41) is 0.0166. The van der Waals surface area contributed by atoms with E-state index < -0.39 is 11.6 Å². The van der Waals surface area contributed by atoms with Crippen molar-refractivity contribution in [2.45, 2.75) is 6.61 Å². The molecule has 104 valence electrons. The van der Waals surface area contributed by atoms with Crippen molar-refractivity contribution in [1.29, 1.82) is 0 Å². The zero-order valence-corrected chi connectivity index (χ0v) is 11.8. The molecule has 0 aliphatic heterocycles. The number of rotatable bonds is 4. The molecular formula is C14H10ClF2NOS. The second-order valence-electron chi connectivity index (χ2n) is 4.03. The first-order valence-electron chi connectivity index (χ1n) is 5.63. The zero-order chi connectivity index (χ0) is 14.7. The molecule has 0 unspecified atom stereocenters. The predicted molar refractivity (Wildman–Crippen MR) is 78.0 cm³/mol. The van der Waals surface area contributed by atoms with E-state index in [1.807, 2.05) is 0 Å². The Morgan fingerprint density at radius 1 is 1.20 bits per heavy atom. The van der Waals surface area contributed by atoms with Gasteiger partial charge in [-0.1, -0.05) is 29.9 Å². The summed E-state index contributed by atoms with van der Waals surface area (Å²) in [6, 6.07) is 8.15. The molecule has 0 radical (unpaired) electrons. The minimum Gasteiger partial charge on any atom is -0.489 e. The maximum atomic E-state index is 13.3. The lowest BCUT2D eigenvalue weighted by atomic mass is 10.1. The van der Waals surface area contributed by atoms with Crippen LogP contribution in [0.25, 0.3) is 0 Å². The van der Waals surface area contributed by atoms with Gasteiger partial charge in [-0.15, -0.1) is 0 Å². The van der Waals surface area contributed by atoms with Crippen LogP contribution in [0.15, 0.2) is 36.4 Å². The quantitative estimate of drug-likeness (QED) is 0.871. The molecule has 0 atom stereocenters. The highest BCUT2D eigenvalue weighted by molar-refractivity contribution is 7.80. The molecule has 0 bridgehead atoms. The standard InChI is InChI=1S/C14H10ClF2NOS/c15-12-4-3-10(6-13(12)17)19-7-8-1-2-9(16)5-11(8)14(18)20/h1-6H,7H2,(H2,18,20). The molecule has 0 spiro atoms. The van der Waals surface area contributed by atoms with E-state index in [-0.39, 0.29) is 16.6 Å². The summed E-state index contributed by atoms with van der Waals surface area (Å²) in [6.45, 7) is 0.0913. The number of hydrogen-bond acceptors (Lipinski definition) is 2. The normalized spacial score (nSPS) is 10.3. The first-order chi connectivity index (χ1) is 9.47. The van der Waals surface area contributed by atoms with E-state index >= 15 is 0 Å². The largest absolute Gasteiger partial charge is 0.489 e. The molecule has 2 rings (SSSR count). The Bertz CT molecular complexity index is 664. The maximum Gasteiger partial charge on any atom is 0.145 e. The van der Waals surface area contributed by atoms with E-state index in [9.17, 15) is 8.78 Å². The van der Waals surface area contributed by atoms with E-state index in [4.69, 9.17) is 34.3 Å². The lowest BCUT2D eigenvalue weighted by Crippen LogP contribution is -2.14. The minimum absolute atomic E-state index is 0.0166. The first kappa shape index (κ1) is 14.7. The van der Waals surface area contributed by atoms with Crippen molar-refractivity contribution in [2.75, 3.05) is 0 Å². The monoisotopic (exact) mass is 313 g/mol. The third-order valence-electron chi connectivity index (χ3n) is 2.62. The molecular weight excluding hydrogens is 304 g/mol. The summed E-state index contributed by atoms with van der Waals surface area (Å²) >= 11 is 10.4. The van der Waals surface area contributed by atoms with Gasteiger partial charge in [0.2, 0.25) is 0 Å². The molecule has 2 N–H and O–H groups in total. The van der Waals surface area contributed by atoms with Gasteiger partial charge in [-0.25, -0.2) is 8.78 Å². The average molecular weight is 314 g/mol. The number of hydrogen-bond donors (Lipinski definition) is 1. The summed E-state index contributed by atoms with van der Waals surface area (Å²) in [6.07, 6.45) is 0. The molecule has 0 heterocycles. The Kier molecular flexibility index (Phi) is 4.52. The molecule has 0 aliphatic rings. The van der Waals surface area contributed by atoms with Gasteiger partial charge in [0.1, 0.15) is 29.0 Å².